The number of carbonyl (C=O) groups is 1. The summed E-state index contributed by atoms with van der Waals surface area (Å²) in [7, 11) is 1.68. The van der Waals surface area contributed by atoms with E-state index in [4.69, 9.17) is 5.41 Å². The van der Waals surface area contributed by atoms with Crippen molar-refractivity contribution in [3.05, 3.63) is 118 Å². The van der Waals surface area contributed by atoms with E-state index in [-0.39, 0.29) is 34.8 Å². The van der Waals surface area contributed by atoms with E-state index in [0.717, 1.165) is 17.7 Å². The lowest BCUT2D eigenvalue weighted by Gasteiger charge is -2.38. The number of likely N-dealkylation sites (tertiary alicyclic amines) is 1. The van der Waals surface area contributed by atoms with E-state index in [2.05, 4.69) is 35.0 Å². The number of amidine groups is 1. The van der Waals surface area contributed by atoms with Crippen molar-refractivity contribution in [3.8, 4) is 11.1 Å². The van der Waals surface area contributed by atoms with Gasteiger partial charge in [0.2, 0.25) is 5.91 Å². The SMILES string of the molecule is C=CC(=O)N1CCC(N2NC(c3ccc(-c4cnc(Cc5ccccc5)n(C)c4=O)cc3F)=C3C(=N)N=CC(CC)C=C32)CC1. The number of allylic oxidation sites excluding steroid dienone is 1. The van der Waals surface area contributed by atoms with Crippen LogP contribution in [0.25, 0.3) is 16.8 Å². The Morgan fingerprint density at radius 3 is 2.60 bits per heavy atom. The molecule has 1 unspecified atom stereocenters. The Hall–Kier alpha value is -5.12. The average Bonchev–Trinajstić information content (AvgIpc) is 3.35. The number of hydrogen-bond acceptors (Lipinski definition) is 6. The molecule has 3 aliphatic heterocycles. The van der Waals surface area contributed by atoms with Gasteiger partial charge in [0.05, 0.1) is 28.6 Å². The van der Waals surface area contributed by atoms with E-state index < -0.39 is 5.82 Å². The monoisotopic (exact) mass is 605 g/mol. The molecule has 3 aromatic rings. The summed E-state index contributed by atoms with van der Waals surface area (Å²) in [5.41, 5.74) is 6.99. The zero-order valence-corrected chi connectivity index (χ0v) is 25.5. The zero-order chi connectivity index (χ0) is 31.7. The van der Waals surface area contributed by atoms with Gasteiger partial charge in [0.15, 0.2) is 5.84 Å². The Balaban J connectivity index is 1.33. The minimum absolute atomic E-state index is 0.0183. The fraction of sp³-hybridized carbons (Fsp3) is 0.286. The molecule has 0 radical (unpaired) electrons. The van der Waals surface area contributed by atoms with Crippen molar-refractivity contribution in [1.82, 2.24) is 24.9 Å². The number of aromatic nitrogens is 2. The Morgan fingerprint density at radius 1 is 1.16 bits per heavy atom. The lowest BCUT2D eigenvalue weighted by molar-refractivity contribution is -0.127. The summed E-state index contributed by atoms with van der Waals surface area (Å²) in [5.74, 6) is 0.0710. The van der Waals surface area contributed by atoms with Crippen LogP contribution < -0.4 is 11.0 Å². The maximum atomic E-state index is 16.1. The highest BCUT2D eigenvalue weighted by Crippen LogP contribution is 2.38. The second-order valence-corrected chi connectivity index (χ2v) is 11.6. The van der Waals surface area contributed by atoms with Gasteiger partial charge < -0.3 is 4.90 Å². The van der Waals surface area contributed by atoms with E-state index in [1.165, 1.54) is 22.9 Å². The highest BCUT2D eigenvalue weighted by atomic mass is 19.1. The largest absolute Gasteiger partial charge is 0.339 e. The first-order valence-corrected chi connectivity index (χ1v) is 15.2. The molecule has 0 bridgehead atoms. The normalized spacial score (nSPS) is 18.4. The fourth-order valence-electron chi connectivity index (χ4n) is 6.15. The van der Waals surface area contributed by atoms with Crippen LogP contribution in [0.2, 0.25) is 0 Å². The topological polar surface area (TPSA) is 107 Å². The summed E-state index contributed by atoms with van der Waals surface area (Å²) in [6.07, 6.45) is 9.41. The lowest BCUT2D eigenvalue weighted by Crippen LogP contribution is -2.48. The third-order valence-electron chi connectivity index (χ3n) is 8.81. The number of benzene rings is 2. The summed E-state index contributed by atoms with van der Waals surface area (Å²) < 4.78 is 17.6. The number of nitrogens with one attached hydrogen (secondary N) is 2. The summed E-state index contributed by atoms with van der Waals surface area (Å²) in [4.78, 5) is 36.3. The molecule has 6 rings (SSSR count). The van der Waals surface area contributed by atoms with Gasteiger partial charge in [0.25, 0.3) is 5.56 Å². The molecule has 0 saturated carbocycles. The van der Waals surface area contributed by atoms with Gasteiger partial charge >= 0.3 is 0 Å². The van der Waals surface area contributed by atoms with Crippen LogP contribution >= 0.6 is 0 Å². The van der Waals surface area contributed by atoms with Crippen molar-refractivity contribution in [2.75, 3.05) is 13.1 Å². The number of hydrogen-bond donors (Lipinski definition) is 2. The van der Waals surface area contributed by atoms with Crippen LogP contribution in [0, 0.1) is 17.1 Å². The molecule has 3 aliphatic rings. The third-order valence-corrected chi connectivity index (χ3v) is 8.81. The molecular weight excluding hydrogens is 569 g/mol. The van der Waals surface area contributed by atoms with Gasteiger partial charge in [-0.1, -0.05) is 49.9 Å². The molecule has 4 heterocycles. The standard InChI is InChI=1S/C35H36FN7O2/c1-4-22-17-29-32(34(37)39-20-22)33(40-43(29)25-13-15-42(16-14-25)31(44)5-2)26-12-11-24(19-28(26)36)27-21-38-30(41(3)35(27)45)18-23-9-7-6-8-10-23/h5-12,17,19-22,25,37,40H,2,4,13-16,18H2,1,3H3. The smallest absolute Gasteiger partial charge is 0.261 e. The number of piperidine rings is 1. The van der Waals surface area contributed by atoms with Gasteiger partial charge in [0.1, 0.15) is 11.6 Å². The van der Waals surface area contributed by atoms with Crippen molar-refractivity contribution in [2.45, 2.75) is 38.6 Å². The first-order valence-electron chi connectivity index (χ1n) is 15.2. The molecule has 0 aliphatic carbocycles. The van der Waals surface area contributed by atoms with E-state index in [1.807, 2.05) is 35.3 Å². The van der Waals surface area contributed by atoms with Gasteiger partial charge in [-0.25, -0.2) is 14.4 Å². The summed E-state index contributed by atoms with van der Waals surface area (Å²) in [5, 5.41) is 10.8. The molecule has 2 aromatic carbocycles. The summed E-state index contributed by atoms with van der Waals surface area (Å²) in [6.45, 7) is 6.82. The van der Waals surface area contributed by atoms with E-state index in [0.29, 0.717) is 60.6 Å². The Labute approximate surface area is 261 Å². The van der Waals surface area contributed by atoms with Crippen LogP contribution in [0.5, 0.6) is 0 Å². The minimum atomic E-state index is -0.529. The molecule has 0 spiro atoms. The molecule has 9 nitrogen and oxygen atoms in total. The summed E-state index contributed by atoms with van der Waals surface area (Å²) in [6, 6.07) is 14.5. The molecule has 1 saturated heterocycles. The molecule has 1 fully saturated rings. The highest BCUT2D eigenvalue weighted by Gasteiger charge is 2.38. The summed E-state index contributed by atoms with van der Waals surface area (Å²) >= 11 is 0. The Morgan fingerprint density at radius 2 is 1.91 bits per heavy atom. The maximum Gasteiger partial charge on any atom is 0.261 e. The predicted octanol–water partition coefficient (Wildman–Crippen LogP) is 4.86. The van der Waals surface area contributed by atoms with E-state index in [1.54, 1.807) is 30.3 Å². The van der Waals surface area contributed by atoms with Crippen molar-refractivity contribution in [2.24, 2.45) is 18.0 Å². The van der Waals surface area contributed by atoms with Crippen LogP contribution in [0.4, 0.5) is 4.39 Å². The van der Waals surface area contributed by atoms with E-state index in [9.17, 15) is 9.59 Å². The number of fused-ring (bicyclic) bond motifs is 1. The molecule has 230 valence electrons. The first-order chi connectivity index (χ1) is 21.8. The molecule has 1 aromatic heterocycles. The number of aliphatic imine (C=N–C) groups is 1. The minimum Gasteiger partial charge on any atom is -0.339 e. The fourth-order valence-corrected chi connectivity index (χ4v) is 6.15. The molecule has 45 heavy (non-hydrogen) atoms. The van der Waals surface area contributed by atoms with Crippen LogP contribution in [-0.4, -0.2) is 56.5 Å². The Kier molecular flexibility index (Phi) is 8.30. The number of rotatable bonds is 7. The first kappa shape index (κ1) is 29.9. The Bertz CT molecular complexity index is 1820. The van der Waals surface area contributed by atoms with Gasteiger partial charge in [-0.3, -0.25) is 30.0 Å². The van der Waals surface area contributed by atoms with Crippen molar-refractivity contribution < 1.29 is 9.18 Å². The molecular formula is C35H36FN7O2. The molecule has 10 heteroatoms. The van der Waals surface area contributed by atoms with Crippen LogP contribution in [0.15, 0.2) is 94.5 Å². The number of amides is 1. The van der Waals surface area contributed by atoms with Gasteiger partial charge in [-0.05, 0) is 54.7 Å². The quantitative estimate of drug-likeness (QED) is 0.375. The zero-order valence-electron chi connectivity index (χ0n) is 25.5. The number of nitrogens with zero attached hydrogens (tertiary/aromatic N) is 5. The van der Waals surface area contributed by atoms with E-state index >= 15 is 4.39 Å². The highest BCUT2D eigenvalue weighted by molar-refractivity contribution is 6.11. The van der Waals surface area contributed by atoms with Gasteiger partial charge in [0, 0.05) is 50.5 Å². The second kappa shape index (κ2) is 12.5. The maximum absolute atomic E-state index is 16.1. The predicted molar refractivity (Wildman–Crippen MR) is 174 cm³/mol. The second-order valence-electron chi connectivity index (χ2n) is 11.6. The number of halogens is 1. The number of hydrazine groups is 1. The molecule has 1 atom stereocenters. The molecule has 2 N–H and O–H groups in total. The van der Waals surface area contributed by atoms with Crippen molar-refractivity contribution in [1.29, 1.82) is 5.41 Å². The molecule has 1 amide bonds. The average molecular weight is 606 g/mol. The van der Waals surface area contributed by atoms with Crippen LogP contribution in [0.3, 0.4) is 0 Å². The van der Waals surface area contributed by atoms with Gasteiger partial charge in [-0.2, -0.15) is 0 Å². The number of carbonyl (C=O) groups excluding carboxylic acids is 1. The van der Waals surface area contributed by atoms with Crippen LogP contribution in [0.1, 0.15) is 43.1 Å². The van der Waals surface area contributed by atoms with Crippen molar-refractivity contribution in [3.63, 3.8) is 0 Å². The third kappa shape index (κ3) is 5.75. The lowest BCUT2D eigenvalue weighted by atomic mass is 9.98. The van der Waals surface area contributed by atoms with Crippen molar-refractivity contribution >= 4 is 23.7 Å². The van der Waals surface area contributed by atoms with Gasteiger partial charge in [-0.15, -0.1) is 0 Å². The van der Waals surface area contributed by atoms with Crippen LogP contribution in [-0.2, 0) is 18.3 Å².